The number of rotatable bonds is 1. The lowest BCUT2D eigenvalue weighted by molar-refractivity contribution is 1.18. The number of benzene rings is 5. The van der Waals surface area contributed by atoms with Crippen LogP contribution in [-0.4, -0.2) is 4.57 Å². The fourth-order valence-corrected chi connectivity index (χ4v) is 5.54. The fraction of sp³-hybridized carbons (Fsp3) is 0.0667. The normalized spacial score (nSPS) is 12.5. The average Bonchev–Trinajstić information content (AvgIpc) is 3.36. The monoisotopic (exact) mass is 395 g/mol. The van der Waals surface area contributed by atoms with Crippen LogP contribution in [0.5, 0.6) is 0 Å². The number of fused-ring (bicyclic) bond motifs is 10. The summed E-state index contributed by atoms with van der Waals surface area (Å²) in [6.45, 7) is 2.15. The van der Waals surface area contributed by atoms with Gasteiger partial charge in [0.05, 0.1) is 11.0 Å². The summed E-state index contributed by atoms with van der Waals surface area (Å²) in [5.41, 5.74) is 10.8. The molecule has 0 atom stereocenters. The molecule has 1 heteroatoms. The molecule has 0 bridgehead atoms. The second-order valence-electron chi connectivity index (χ2n) is 8.64. The molecule has 0 fully saturated rings. The minimum absolute atomic E-state index is 1.01. The summed E-state index contributed by atoms with van der Waals surface area (Å²) in [5.74, 6) is 0. The summed E-state index contributed by atoms with van der Waals surface area (Å²) in [7, 11) is 0. The highest BCUT2D eigenvalue weighted by molar-refractivity contribution is 6.26. The lowest BCUT2D eigenvalue weighted by Gasteiger charge is -2.13. The molecule has 0 spiro atoms. The SMILES string of the molecule is Cc1ccc(-n2c3ccccc3c3c4c(c5ccccc5c32)Cc2ccccc2-4)cc1. The molecule has 1 nitrogen and oxygen atoms in total. The van der Waals surface area contributed by atoms with Crippen LogP contribution < -0.4 is 0 Å². The van der Waals surface area contributed by atoms with E-state index in [4.69, 9.17) is 0 Å². The van der Waals surface area contributed by atoms with Crippen molar-refractivity contribution in [1.29, 1.82) is 0 Å². The maximum Gasteiger partial charge on any atom is 0.0625 e. The molecule has 1 aromatic heterocycles. The van der Waals surface area contributed by atoms with Gasteiger partial charge in [0, 0.05) is 21.8 Å². The first-order valence-corrected chi connectivity index (χ1v) is 10.9. The van der Waals surface area contributed by atoms with E-state index in [-0.39, 0.29) is 0 Å². The number of hydrogen-bond donors (Lipinski definition) is 0. The molecule has 146 valence electrons. The Morgan fingerprint density at radius 3 is 2.16 bits per heavy atom. The fourth-order valence-electron chi connectivity index (χ4n) is 5.54. The molecule has 31 heavy (non-hydrogen) atoms. The van der Waals surface area contributed by atoms with E-state index in [2.05, 4.69) is 109 Å². The number of aryl methyl sites for hydroxylation is 1. The molecule has 1 aliphatic rings. The molecule has 0 N–H and O–H groups in total. The zero-order valence-electron chi connectivity index (χ0n) is 17.4. The van der Waals surface area contributed by atoms with Gasteiger partial charge in [-0.3, -0.25) is 0 Å². The topological polar surface area (TPSA) is 4.93 Å². The number of hydrogen-bond acceptors (Lipinski definition) is 0. The van der Waals surface area contributed by atoms with Crippen molar-refractivity contribution in [1.82, 2.24) is 4.57 Å². The predicted molar refractivity (Wildman–Crippen MR) is 131 cm³/mol. The molecule has 0 saturated carbocycles. The van der Waals surface area contributed by atoms with Crippen LogP contribution in [0, 0.1) is 6.92 Å². The molecule has 7 rings (SSSR count). The van der Waals surface area contributed by atoms with Crippen molar-refractivity contribution in [3.05, 3.63) is 114 Å². The molecule has 1 aliphatic carbocycles. The predicted octanol–water partition coefficient (Wildman–Crippen LogP) is 7.82. The smallest absolute Gasteiger partial charge is 0.0625 e. The lowest BCUT2D eigenvalue weighted by Crippen LogP contribution is -1.95. The van der Waals surface area contributed by atoms with Gasteiger partial charge in [-0.25, -0.2) is 0 Å². The van der Waals surface area contributed by atoms with E-state index in [1.165, 1.54) is 66.1 Å². The maximum atomic E-state index is 2.47. The molecule has 6 aromatic rings. The van der Waals surface area contributed by atoms with Gasteiger partial charge in [-0.15, -0.1) is 0 Å². The highest BCUT2D eigenvalue weighted by atomic mass is 15.0. The molecule has 0 amide bonds. The van der Waals surface area contributed by atoms with Crippen LogP contribution in [0.25, 0.3) is 49.4 Å². The minimum Gasteiger partial charge on any atom is -0.309 e. The Bertz CT molecular complexity index is 1650. The first-order chi connectivity index (χ1) is 15.3. The molecule has 5 aromatic carbocycles. The average molecular weight is 396 g/mol. The van der Waals surface area contributed by atoms with Crippen molar-refractivity contribution in [3.8, 4) is 16.8 Å². The summed E-state index contributed by atoms with van der Waals surface area (Å²) < 4.78 is 2.47. The summed E-state index contributed by atoms with van der Waals surface area (Å²) >= 11 is 0. The van der Waals surface area contributed by atoms with Gasteiger partial charge in [0.15, 0.2) is 0 Å². The van der Waals surface area contributed by atoms with Crippen LogP contribution in [0.2, 0.25) is 0 Å². The Morgan fingerprint density at radius 2 is 1.32 bits per heavy atom. The number of nitrogens with zero attached hydrogens (tertiary/aromatic N) is 1. The summed E-state index contributed by atoms with van der Waals surface area (Å²) in [6, 6.07) is 35.7. The first-order valence-electron chi connectivity index (χ1n) is 10.9. The second kappa shape index (κ2) is 6.09. The highest BCUT2D eigenvalue weighted by Crippen LogP contribution is 2.49. The van der Waals surface area contributed by atoms with Gasteiger partial charge >= 0.3 is 0 Å². The van der Waals surface area contributed by atoms with Crippen LogP contribution in [-0.2, 0) is 6.42 Å². The molecule has 0 aliphatic heterocycles. The van der Waals surface area contributed by atoms with Gasteiger partial charge in [-0.05, 0) is 59.2 Å². The van der Waals surface area contributed by atoms with Gasteiger partial charge in [0.2, 0.25) is 0 Å². The Labute approximate surface area is 181 Å². The zero-order chi connectivity index (χ0) is 20.5. The van der Waals surface area contributed by atoms with Crippen molar-refractivity contribution in [2.24, 2.45) is 0 Å². The third-order valence-electron chi connectivity index (χ3n) is 6.88. The summed E-state index contributed by atoms with van der Waals surface area (Å²) in [5, 5.41) is 5.42. The van der Waals surface area contributed by atoms with Crippen molar-refractivity contribution in [2.45, 2.75) is 13.3 Å². The van der Waals surface area contributed by atoms with E-state index < -0.39 is 0 Å². The number of para-hydroxylation sites is 1. The van der Waals surface area contributed by atoms with Crippen LogP contribution in [0.1, 0.15) is 16.7 Å². The minimum atomic E-state index is 1.01. The largest absolute Gasteiger partial charge is 0.309 e. The Balaban J connectivity index is 1.79. The highest BCUT2D eigenvalue weighted by Gasteiger charge is 2.27. The molecule has 0 saturated heterocycles. The molecule has 0 radical (unpaired) electrons. The zero-order valence-corrected chi connectivity index (χ0v) is 17.4. The van der Waals surface area contributed by atoms with Gasteiger partial charge in [-0.2, -0.15) is 0 Å². The molecule has 0 unspecified atom stereocenters. The van der Waals surface area contributed by atoms with E-state index in [0.717, 1.165) is 6.42 Å². The number of aromatic nitrogens is 1. The van der Waals surface area contributed by atoms with E-state index in [1.54, 1.807) is 0 Å². The van der Waals surface area contributed by atoms with Crippen LogP contribution in [0.4, 0.5) is 0 Å². The summed E-state index contributed by atoms with van der Waals surface area (Å²) in [4.78, 5) is 0. The Hall–Kier alpha value is -3.84. The lowest BCUT2D eigenvalue weighted by atomic mass is 9.93. The third kappa shape index (κ3) is 2.21. The van der Waals surface area contributed by atoms with E-state index in [9.17, 15) is 0 Å². The molecular weight excluding hydrogens is 374 g/mol. The standard InChI is InChI=1S/C30H21N/c1-19-14-16-21(17-15-19)31-27-13-7-6-12-25(27)29-28-22-9-3-2-8-20(22)18-26(28)23-10-4-5-11-24(23)30(29)31/h2-17H,18H2,1H3. The van der Waals surface area contributed by atoms with Gasteiger partial charge in [0.25, 0.3) is 0 Å². The van der Waals surface area contributed by atoms with E-state index >= 15 is 0 Å². The quantitative estimate of drug-likeness (QED) is 0.267. The van der Waals surface area contributed by atoms with Crippen LogP contribution in [0.3, 0.4) is 0 Å². The van der Waals surface area contributed by atoms with Crippen molar-refractivity contribution in [3.63, 3.8) is 0 Å². The Morgan fingerprint density at radius 1 is 0.645 bits per heavy atom. The molecule has 1 heterocycles. The first kappa shape index (κ1) is 16.9. The van der Waals surface area contributed by atoms with Crippen LogP contribution >= 0.6 is 0 Å². The van der Waals surface area contributed by atoms with Crippen molar-refractivity contribution >= 4 is 32.6 Å². The van der Waals surface area contributed by atoms with Crippen LogP contribution in [0.15, 0.2) is 97.1 Å². The molecular formula is C30H21N. The van der Waals surface area contributed by atoms with Gasteiger partial charge in [-0.1, -0.05) is 84.4 Å². The summed E-state index contributed by atoms with van der Waals surface area (Å²) in [6.07, 6.45) is 1.01. The van der Waals surface area contributed by atoms with E-state index in [1.807, 2.05) is 0 Å². The third-order valence-corrected chi connectivity index (χ3v) is 6.88. The van der Waals surface area contributed by atoms with Gasteiger partial charge in [0.1, 0.15) is 0 Å². The van der Waals surface area contributed by atoms with Gasteiger partial charge < -0.3 is 4.57 Å². The van der Waals surface area contributed by atoms with Crippen molar-refractivity contribution in [2.75, 3.05) is 0 Å². The Kier molecular flexibility index (Phi) is 3.32. The maximum absolute atomic E-state index is 2.47. The van der Waals surface area contributed by atoms with E-state index in [0.29, 0.717) is 0 Å². The second-order valence-corrected chi connectivity index (χ2v) is 8.64. The van der Waals surface area contributed by atoms with Crippen molar-refractivity contribution < 1.29 is 0 Å².